The number of hydrogen-bond acceptors (Lipinski definition) is 3. The highest BCUT2D eigenvalue weighted by Gasteiger charge is 2.37. The number of hydrogen-bond donors (Lipinski definition) is 0. The molecule has 1 aliphatic rings. The highest BCUT2D eigenvalue weighted by Crippen LogP contribution is 2.35. The molecule has 2 atom stereocenters. The quantitative estimate of drug-likeness (QED) is 0.343. The van der Waals surface area contributed by atoms with Crippen LogP contribution in [0.4, 0.5) is 22.0 Å². The number of likely N-dealkylation sites (N-methyl/N-ethyl adjacent to an activating group) is 1. The zero-order valence-electron chi connectivity index (χ0n) is 19.4. The van der Waals surface area contributed by atoms with E-state index in [1.807, 2.05) is 24.1 Å². The predicted molar refractivity (Wildman–Crippen MR) is 127 cm³/mol. The van der Waals surface area contributed by atoms with Gasteiger partial charge in [0.15, 0.2) is 0 Å². The Hall–Kier alpha value is -2.99. The molecule has 3 nitrogen and oxygen atoms in total. The fourth-order valence-electron chi connectivity index (χ4n) is 4.75. The summed E-state index contributed by atoms with van der Waals surface area (Å²) in [6, 6.07) is 16.9. The molecule has 0 N–H and O–H groups in total. The van der Waals surface area contributed by atoms with Gasteiger partial charge >= 0.3 is 6.18 Å². The van der Waals surface area contributed by atoms with Crippen LogP contribution in [0.25, 0.3) is 0 Å². The number of likely N-dealkylation sites (tertiary alicyclic amines) is 1. The summed E-state index contributed by atoms with van der Waals surface area (Å²) in [7, 11) is 1.82. The average molecular weight is 520 g/mol. The molecule has 3 aromatic rings. The highest BCUT2D eigenvalue weighted by molar-refractivity contribution is 6.30. The van der Waals surface area contributed by atoms with Crippen LogP contribution in [0.2, 0.25) is 5.02 Å². The van der Waals surface area contributed by atoms with E-state index in [-0.39, 0.29) is 23.5 Å². The van der Waals surface area contributed by atoms with Crippen LogP contribution in [0, 0.1) is 23.0 Å². The van der Waals surface area contributed by atoms with E-state index in [1.165, 1.54) is 18.2 Å². The molecule has 1 aliphatic heterocycles. The standard InChI is InChI=1S/C27H23ClF5N3/c1-35(13-19-6-8-22(24(29)10-19)27(31,32)33)26-16-36(14-18-4-2-17(12-34)3-5-18)15-21(26)20-7-9-23(28)25(30)11-20/h2-11,21,26H,13-16H2,1H3. The number of benzene rings is 3. The normalized spacial score (nSPS) is 18.5. The van der Waals surface area contributed by atoms with Crippen LogP contribution in [-0.4, -0.2) is 36.0 Å². The molecule has 3 aromatic carbocycles. The molecule has 0 aliphatic carbocycles. The van der Waals surface area contributed by atoms with Gasteiger partial charge in [0.05, 0.1) is 22.2 Å². The third-order valence-corrected chi connectivity index (χ3v) is 6.87. The van der Waals surface area contributed by atoms with Gasteiger partial charge in [0.2, 0.25) is 0 Å². The summed E-state index contributed by atoms with van der Waals surface area (Å²) >= 11 is 5.88. The Kier molecular flexibility index (Phi) is 7.65. The molecule has 1 saturated heterocycles. The lowest BCUT2D eigenvalue weighted by atomic mass is 9.93. The van der Waals surface area contributed by atoms with Gasteiger partial charge in [-0.3, -0.25) is 9.80 Å². The van der Waals surface area contributed by atoms with Crippen molar-refractivity contribution in [1.82, 2.24) is 9.80 Å². The lowest BCUT2D eigenvalue weighted by molar-refractivity contribution is -0.140. The van der Waals surface area contributed by atoms with Gasteiger partial charge in [-0.05, 0) is 60.1 Å². The van der Waals surface area contributed by atoms with Crippen LogP contribution in [0.5, 0.6) is 0 Å². The minimum atomic E-state index is -4.75. The van der Waals surface area contributed by atoms with Gasteiger partial charge in [0.1, 0.15) is 11.6 Å². The smallest absolute Gasteiger partial charge is 0.297 e. The number of nitrogens with zero attached hydrogens (tertiary/aromatic N) is 3. The lowest BCUT2D eigenvalue weighted by Crippen LogP contribution is -2.37. The number of rotatable bonds is 6. The average Bonchev–Trinajstić information content (AvgIpc) is 3.24. The Morgan fingerprint density at radius 3 is 2.28 bits per heavy atom. The Morgan fingerprint density at radius 2 is 1.67 bits per heavy atom. The summed E-state index contributed by atoms with van der Waals surface area (Å²) in [6.07, 6.45) is -4.75. The van der Waals surface area contributed by atoms with E-state index in [2.05, 4.69) is 11.0 Å². The third kappa shape index (κ3) is 5.86. The van der Waals surface area contributed by atoms with Crippen LogP contribution < -0.4 is 0 Å². The van der Waals surface area contributed by atoms with E-state index in [0.717, 1.165) is 23.3 Å². The molecule has 0 amide bonds. The van der Waals surface area contributed by atoms with E-state index in [4.69, 9.17) is 16.9 Å². The van der Waals surface area contributed by atoms with Gasteiger partial charge in [-0.25, -0.2) is 8.78 Å². The Balaban J connectivity index is 1.56. The molecule has 0 aromatic heterocycles. The van der Waals surface area contributed by atoms with E-state index in [9.17, 15) is 22.0 Å². The molecular formula is C27H23ClF5N3. The Labute approximate surface area is 211 Å². The maximum absolute atomic E-state index is 14.3. The van der Waals surface area contributed by atoms with Gasteiger partial charge in [0, 0.05) is 38.1 Å². The SMILES string of the molecule is CN(Cc1ccc(C(F)(F)F)c(F)c1)C1CN(Cc2ccc(C#N)cc2)CC1c1ccc(Cl)c(F)c1. The molecule has 0 spiro atoms. The third-order valence-electron chi connectivity index (χ3n) is 6.56. The second kappa shape index (κ2) is 10.6. The molecule has 1 heterocycles. The highest BCUT2D eigenvalue weighted by atomic mass is 35.5. The maximum Gasteiger partial charge on any atom is 0.419 e. The molecule has 0 radical (unpaired) electrons. The first-order valence-electron chi connectivity index (χ1n) is 11.3. The first-order valence-corrected chi connectivity index (χ1v) is 11.6. The summed E-state index contributed by atoms with van der Waals surface area (Å²) in [5.74, 6) is -1.94. The second-order valence-corrected chi connectivity index (χ2v) is 9.48. The van der Waals surface area contributed by atoms with Crippen molar-refractivity contribution in [2.24, 2.45) is 0 Å². The van der Waals surface area contributed by atoms with Crippen molar-refractivity contribution < 1.29 is 22.0 Å². The fourth-order valence-corrected chi connectivity index (χ4v) is 4.86. The largest absolute Gasteiger partial charge is 0.419 e. The van der Waals surface area contributed by atoms with Gasteiger partial charge in [0.25, 0.3) is 0 Å². The minimum Gasteiger partial charge on any atom is -0.297 e. The zero-order valence-corrected chi connectivity index (χ0v) is 20.1. The van der Waals surface area contributed by atoms with Gasteiger partial charge in [-0.15, -0.1) is 0 Å². The lowest BCUT2D eigenvalue weighted by Gasteiger charge is -2.29. The second-order valence-electron chi connectivity index (χ2n) is 9.08. The topological polar surface area (TPSA) is 30.3 Å². The summed E-state index contributed by atoms with van der Waals surface area (Å²) in [4.78, 5) is 4.16. The first kappa shape index (κ1) is 26.1. The van der Waals surface area contributed by atoms with Crippen molar-refractivity contribution in [2.75, 3.05) is 20.1 Å². The molecular weight excluding hydrogens is 497 g/mol. The molecule has 188 valence electrons. The van der Waals surface area contributed by atoms with Crippen LogP contribution in [0.3, 0.4) is 0 Å². The fraction of sp³-hybridized carbons (Fsp3) is 0.296. The van der Waals surface area contributed by atoms with Crippen molar-refractivity contribution in [1.29, 1.82) is 5.26 Å². The molecule has 9 heteroatoms. The Bertz CT molecular complexity index is 1270. The van der Waals surface area contributed by atoms with Crippen LogP contribution >= 0.6 is 11.6 Å². The Morgan fingerprint density at radius 1 is 0.972 bits per heavy atom. The number of nitriles is 1. The van der Waals surface area contributed by atoms with Crippen molar-refractivity contribution >= 4 is 11.6 Å². The van der Waals surface area contributed by atoms with Crippen molar-refractivity contribution in [3.8, 4) is 6.07 Å². The summed E-state index contributed by atoms with van der Waals surface area (Å²) in [6.45, 7) is 2.04. The van der Waals surface area contributed by atoms with E-state index < -0.39 is 23.4 Å². The summed E-state index contributed by atoms with van der Waals surface area (Å²) in [5.41, 5.74) is 1.46. The maximum atomic E-state index is 14.3. The molecule has 0 bridgehead atoms. The zero-order chi connectivity index (χ0) is 26.0. The van der Waals surface area contributed by atoms with E-state index >= 15 is 0 Å². The van der Waals surface area contributed by atoms with Gasteiger partial charge in [-0.1, -0.05) is 35.9 Å². The number of halogens is 6. The molecule has 0 saturated carbocycles. The molecule has 1 fully saturated rings. The molecule has 36 heavy (non-hydrogen) atoms. The number of alkyl halides is 3. The van der Waals surface area contributed by atoms with Crippen molar-refractivity contribution in [2.45, 2.75) is 31.2 Å². The van der Waals surface area contributed by atoms with Crippen molar-refractivity contribution in [3.63, 3.8) is 0 Å². The van der Waals surface area contributed by atoms with Gasteiger partial charge < -0.3 is 0 Å². The first-order chi connectivity index (χ1) is 17.0. The van der Waals surface area contributed by atoms with Gasteiger partial charge in [-0.2, -0.15) is 18.4 Å². The van der Waals surface area contributed by atoms with Crippen LogP contribution in [0.15, 0.2) is 60.7 Å². The molecule has 4 rings (SSSR count). The van der Waals surface area contributed by atoms with E-state index in [0.29, 0.717) is 30.8 Å². The van der Waals surface area contributed by atoms with Crippen molar-refractivity contribution in [3.05, 3.63) is 105 Å². The summed E-state index contributed by atoms with van der Waals surface area (Å²) < 4.78 is 67.2. The monoisotopic (exact) mass is 519 g/mol. The molecule has 2 unspecified atom stereocenters. The van der Waals surface area contributed by atoms with Crippen LogP contribution in [0.1, 0.15) is 33.7 Å². The van der Waals surface area contributed by atoms with Crippen LogP contribution in [-0.2, 0) is 19.3 Å². The predicted octanol–water partition coefficient (Wildman–Crippen LogP) is 6.61. The van der Waals surface area contributed by atoms with E-state index in [1.54, 1.807) is 18.2 Å². The summed E-state index contributed by atoms with van der Waals surface area (Å²) in [5, 5.41) is 9.04. The minimum absolute atomic E-state index is 0.0244.